The molecule has 0 spiro atoms. The van der Waals surface area contributed by atoms with Crippen LogP contribution < -0.4 is 0 Å². The summed E-state index contributed by atoms with van der Waals surface area (Å²) in [6.45, 7) is 0.159. The molecule has 2 unspecified atom stereocenters. The molecule has 0 radical (unpaired) electrons. The number of nitro groups is 1. The minimum atomic E-state index is -0.808. The summed E-state index contributed by atoms with van der Waals surface area (Å²) in [6.07, 6.45) is 0.465. The predicted molar refractivity (Wildman–Crippen MR) is 74.9 cm³/mol. The summed E-state index contributed by atoms with van der Waals surface area (Å²) >= 11 is 0. The molecule has 2 aromatic rings. The summed E-state index contributed by atoms with van der Waals surface area (Å²) in [4.78, 5) is 10.3. The van der Waals surface area contributed by atoms with Crippen LogP contribution in [-0.2, 0) is 11.3 Å². The highest BCUT2D eigenvalue weighted by Gasteiger charge is 2.18. The Morgan fingerprint density at radius 3 is 2.90 bits per heavy atom. The number of methoxy groups -OCH3 is 1. The van der Waals surface area contributed by atoms with Gasteiger partial charge in [-0.05, 0) is 12.5 Å². The second-order valence-electron chi connectivity index (χ2n) is 4.68. The number of nitro benzene ring substituents is 1. The van der Waals surface area contributed by atoms with Gasteiger partial charge in [-0.15, -0.1) is 0 Å². The third-order valence-corrected chi connectivity index (χ3v) is 3.38. The van der Waals surface area contributed by atoms with Crippen molar-refractivity contribution in [2.45, 2.75) is 25.2 Å². The average Bonchev–Trinajstić information content (AvgIpc) is 2.88. The molecule has 2 rings (SSSR count). The quantitative estimate of drug-likeness (QED) is 0.574. The van der Waals surface area contributed by atoms with Crippen molar-refractivity contribution in [3.05, 3.63) is 34.5 Å². The molecule has 0 amide bonds. The fraction of sp³-hybridized carbons (Fsp3) is 0.462. The lowest BCUT2D eigenvalue weighted by molar-refractivity contribution is -0.384. The summed E-state index contributed by atoms with van der Waals surface area (Å²) in [5.74, 6) is 0. The van der Waals surface area contributed by atoms with E-state index in [1.807, 2.05) is 0 Å². The van der Waals surface area contributed by atoms with Crippen molar-refractivity contribution >= 4 is 16.6 Å². The van der Waals surface area contributed by atoms with Crippen molar-refractivity contribution in [3.63, 3.8) is 0 Å². The number of hydrogen-bond donors (Lipinski definition) is 2. The molecule has 0 saturated heterocycles. The van der Waals surface area contributed by atoms with Crippen LogP contribution in [0, 0.1) is 10.1 Å². The summed E-state index contributed by atoms with van der Waals surface area (Å²) < 4.78 is 6.62. The highest BCUT2D eigenvalue weighted by atomic mass is 16.6. The summed E-state index contributed by atoms with van der Waals surface area (Å²) in [5.41, 5.74) is 0.771. The van der Waals surface area contributed by atoms with Gasteiger partial charge in [0.15, 0.2) is 0 Å². The number of aliphatic hydroxyl groups is 2. The Kier molecular flexibility index (Phi) is 4.84. The number of nitrogens with zero attached hydrogens (tertiary/aromatic N) is 3. The van der Waals surface area contributed by atoms with Crippen molar-refractivity contribution < 1.29 is 19.9 Å². The zero-order valence-corrected chi connectivity index (χ0v) is 11.5. The SMILES string of the molecule is COC(CO)C(O)CCn1ncc2cc([N+](=O)[O-])ccc21. The molecule has 0 fully saturated rings. The van der Waals surface area contributed by atoms with Gasteiger partial charge >= 0.3 is 0 Å². The van der Waals surface area contributed by atoms with Crippen LogP contribution in [0.25, 0.3) is 10.9 Å². The molecule has 8 heteroatoms. The van der Waals surface area contributed by atoms with Crippen LogP contribution in [0.4, 0.5) is 5.69 Å². The lowest BCUT2D eigenvalue weighted by Gasteiger charge is -2.19. The lowest BCUT2D eigenvalue weighted by atomic mass is 10.1. The smallest absolute Gasteiger partial charge is 0.270 e. The van der Waals surface area contributed by atoms with Crippen molar-refractivity contribution in [3.8, 4) is 0 Å². The first-order chi connectivity index (χ1) is 10.1. The Balaban J connectivity index is 2.11. The molecular formula is C13H17N3O5. The first-order valence-electron chi connectivity index (χ1n) is 6.48. The fourth-order valence-electron chi connectivity index (χ4n) is 2.16. The number of fused-ring (bicyclic) bond motifs is 1. The zero-order valence-electron chi connectivity index (χ0n) is 11.5. The zero-order chi connectivity index (χ0) is 15.4. The average molecular weight is 295 g/mol. The maximum atomic E-state index is 10.7. The van der Waals surface area contributed by atoms with Gasteiger partial charge in [-0.3, -0.25) is 14.8 Å². The van der Waals surface area contributed by atoms with E-state index in [1.54, 1.807) is 16.9 Å². The van der Waals surface area contributed by atoms with E-state index in [9.17, 15) is 15.2 Å². The number of aromatic nitrogens is 2. The Morgan fingerprint density at radius 2 is 2.29 bits per heavy atom. The number of ether oxygens (including phenoxy) is 1. The monoisotopic (exact) mass is 295 g/mol. The minimum Gasteiger partial charge on any atom is -0.394 e. The van der Waals surface area contributed by atoms with Gasteiger partial charge in [-0.2, -0.15) is 5.10 Å². The Morgan fingerprint density at radius 1 is 1.52 bits per heavy atom. The van der Waals surface area contributed by atoms with E-state index in [0.29, 0.717) is 18.4 Å². The van der Waals surface area contributed by atoms with E-state index >= 15 is 0 Å². The molecule has 21 heavy (non-hydrogen) atoms. The van der Waals surface area contributed by atoms with E-state index in [0.717, 1.165) is 5.52 Å². The van der Waals surface area contributed by atoms with Gasteiger partial charge in [-0.1, -0.05) is 0 Å². The van der Waals surface area contributed by atoms with Crippen molar-refractivity contribution in [1.82, 2.24) is 9.78 Å². The standard InChI is InChI=1S/C13H17N3O5/c1-21-13(8-17)12(18)4-5-15-11-3-2-10(16(19)20)6-9(11)7-14-15/h2-3,6-7,12-13,17-18H,4-5,8H2,1H3. The largest absolute Gasteiger partial charge is 0.394 e. The molecular weight excluding hydrogens is 278 g/mol. The molecule has 1 aromatic heterocycles. The van der Waals surface area contributed by atoms with Crippen LogP contribution in [-0.4, -0.2) is 50.8 Å². The molecule has 0 saturated carbocycles. The number of non-ortho nitro benzene ring substituents is 1. The molecule has 2 atom stereocenters. The molecule has 0 aliphatic carbocycles. The third kappa shape index (κ3) is 3.35. The first-order valence-corrected chi connectivity index (χ1v) is 6.48. The highest BCUT2D eigenvalue weighted by molar-refractivity contribution is 5.81. The molecule has 114 valence electrons. The molecule has 2 N–H and O–H groups in total. The summed E-state index contributed by atoms with van der Waals surface area (Å²) in [5, 5.41) is 34.5. The van der Waals surface area contributed by atoms with Gasteiger partial charge < -0.3 is 14.9 Å². The van der Waals surface area contributed by atoms with E-state index in [2.05, 4.69) is 5.10 Å². The van der Waals surface area contributed by atoms with Crippen molar-refractivity contribution in [1.29, 1.82) is 0 Å². The van der Waals surface area contributed by atoms with Crippen LogP contribution in [0.2, 0.25) is 0 Å². The van der Waals surface area contributed by atoms with Crippen LogP contribution in [0.15, 0.2) is 24.4 Å². The maximum Gasteiger partial charge on any atom is 0.270 e. The second-order valence-corrected chi connectivity index (χ2v) is 4.68. The van der Waals surface area contributed by atoms with Crippen LogP contribution in [0.3, 0.4) is 0 Å². The molecule has 1 aromatic carbocycles. The fourth-order valence-corrected chi connectivity index (χ4v) is 2.16. The Labute approximate surface area is 120 Å². The number of hydrogen-bond acceptors (Lipinski definition) is 6. The normalized spacial score (nSPS) is 14.2. The maximum absolute atomic E-state index is 10.7. The van der Waals surface area contributed by atoms with Crippen LogP contribution in [0.5, 0.6) is 0 Å². The van der Waals surface area contributed by atoms with Gasteiger partial charge in [-0.25, -0.2) is 0 Å². The molecule has 0 aliphatic rings. The number of benzene rings is 1. The Bertz CT molecular complexity index is 623. The van der Waals surface area contributed by atoms with Crippen molar-refractivity contribution in [2.75, 3.05) is 13.7 Å². The van der Waals surface area contributed by atoms with Crippen LogP contribution >= 0.6 is 0 Å². The van der Waals surface area contributed by atoms with E-state index < -0.39 is 17.1 Å². The Hall–Kier alpha value is -2.03. The van der Waals surface area contributed by atoms with E-state index in [-0.39, 0.29) is 12.3 Å². The minimum absolute atomic E-state index is 0.0156. The van der Waals surface area contributed by atoms with Gasteiger partial charge in [0.25, 0.3) is 5.69 Å². The van der Waals surface area contributed by atoms with E-state index in [4.69, 9.17) is 9.84 Å². The molecule has 0 aliphatic heterocycles. The summed E-state index contributed by atoms with van der Waals surface area (Å²) in [6, 6.07) is 4.51. The van der Waals surface area contributed by atoms with Gasteiger partial charge in [0.05, 0.1) is 29.3 Å². The second kappa shape index (κ2) is 6.61. The first kappa shape index (κ1) is 15.4. The number of aryl methyl sites for hydroxylation is 1. The highest BCUT2D eigenvalue weighted by Crippen LogP contribution is 2.21. The number of aliphatic hydroxyl groups excluding tert-OH is 2. The third-order valence-electron chi connectivity index (χ3n) is 3.38. The molecule has 1 heterocycles. The number of rotatable bonds is 7. The van der Waals surface area contributed by atoms with Gasteiger partial charge in [0.2, 0.25) is 0 Å². The summed E-state index contributed by atoms with van der Waals surface area (Å²) in [7, 11) is 1.42. The topological polar surface area (TPSA) is 111 Å². The van der Waals surface area contributed by atoms with Gasteiger partial charge in [0.1, 0.15) is 6.10 Å². The van der Waals surface area contributed by atoms with Crippen molar-refractivity contribution in [2.24, 2.45) is 0 Å². The predicted octanol–water partition coefficient (Wildman–Crippen LogP) is 0.703. The van der Waals surface area contributed by atoms with Gasteiger partial charge in [0, 0.05) is 31.2 Å². The molecule has 8 nitrogen and oxygen atoms in total. The lowest BCUT2D eigenvalue weighted by Crippen LogP contribution is -2.32. The van der Waals surface area contributed by atoms with Crippen LogP contribution in [0.1, 0.15) is 6.42 Å². The van der Waals surface area contributed by atoms with E-state index in [1.165, 1.54) is 19.2 Å². The molecule has 0 bridgehead atoms.